The summed E-state index contributed by atoms with van der Waals surface area (Å²) in [6, 6.07) is 8.63. The lowest BCUT2D eigenvalue weighted by molar-refractivity contribution is 0.0993. The zero-order valence-corrected chi connectivity index (χ0v) is 13.7. The molecule has 0 amide bonds. The van der Waals surface area contributed by atoms with Crippen molar-refractivity contribution in [2.24, 2.45) is 0 Å². The van der Waals surface area contributed by atoms with Gasteiger partial charge in [-0.2, -0.15) is 4.68 Å². The van der Waals surface area contributed by atoms with Gasteiger partial charge in [0.2, 0.25) is 5.16 Å². The Balaban J connectivity index is 1.82. The van der Waals surface area contributed by atoms with Crippen LogP contribution in [-0.4, -0.2) is 31.2 Å². The van der Waals surface area contributed by atoms with Gasteiger partial charge in [-0.15, -0.1) is 5.10 Å². The fraction of sp³-hybridized carbons (Fsp3) is 0.125. The summed E-state index contributed by atoms with van der Waals surface area (Å²) in [6.07, 6.45) is 0. The Hall–Kier alpha value is -2.68. The number of hydrogen-bond donors (Lipinski definition) is 0. The van der Waals surface area contributed by atoms with Gasteiger partial charge in [0.05, 0.1) is 10.9 Å². The molecule has 0 aliphatic heterocycles. The monoisotopic (exact) mass is 364 g/mol. The maximum atomic E-state index is 13.4. The van der Waals surface area contributed by atoms with E-state index in [1.807, 2.05) is 0 Å². The summed E-state index contributed by atoms with van der Waals surface area (Å²) in [7, 11) is 0. The van der Waals surface area contributed by atoms with E-state index in [2.05, 4.69) is 15.5 Å². The molecule has 25 heavy (non-hydrogen) atoms. The quantitative estimate of drug-likeness (QED) is 0.513. The first-order valence-corrected chi connectivity index (χ1v) is 8.04. The van der Waals surface area contributed by atoms with Gasteiger partial charge < -0.3 is 0 Å². The Morgan fingerprint density at radius 3 is 2.64 bits per heavy atom. The molecule has 1 heterocycles. The molecule has 0 spiro atoms. The molecule has 0 unspecified atom stereocenters. The van der Waals surface area contributed by atoms with Gasteiger partial charge in [0.25, 0.3) is 0 Å². The smallest absolute Gasteiger partial charge is 0.214 e. The van der Waals surface area contributed by atoms with Crippen molar-refractivity contribution in [3.8, 4) is 5.69 Å². The molecule has 0 saturated carbocycles. The average molecular weight is 364 g/mol. The summed E-state index contributed by atoms with van der Waals surface area (Å²) in [4.78, 5) is 12.4. The highest BCUT2D eigenvalue weighted by molar-refractivity contribution is 8.00. The molecule has 5 nitrogen and oxygen atoms in total. The standard InChI is InChI=1S/C16H11F3N4OS/c1-9(15(24)10-5-6-13(18)14(19)7-10)25-16-20-21-22-23(16)12-4-2-3-11(17)8-12/h2-9H,1H3/t9-/m1/s1. The van der Waals surface area contributed by atoms with E-state index >= 15 is 0 Å². The van der Waals surface area contributed by atoms with Gasteiger partial charge in [-0.3, -0.25) is 4.79 Å². The highest BCUT2D eigenvalue weighted by Crippen LogP contribution is 2.26. The topological polar surface area (TPSA) is 60.7 Å². The zero-order chi connectivity index (χ0) is 18.0. The number of aromatic nitrogens is 4. The van der Waals surface area contributed by atoms with E-state index in [-0.39, 0.29) is 10.7 Å². The maximum absolute atomic E-state index is 13.4. The zero-order valence-electron chi connectivity index (χ0n) is 12.9. The minimum Gasteiger partial charge on any atom is -0.293 e. The van der Waals surface area contributed by atoms with E-state index in [0.717, 1.165) is 23.9 Å². The van der Waals surface area contributed by atoms with Crippen LogP contribution in [0.3, 0.4) is 0 Å². The Bertz CT molecular complexity index is 931. The first-order chi connectivity index (χ1) is 12.0. The lowest BCUT2D eigenvalue weighted by Crippen LogP contribution is -2.15. The molecule has 128 valence electrons. The van der Waals surface area contributed by atoms with Crippen molar-refractivity contribution in [3.05, 3.63) is 65.5 Å². The molecule has 1 aromatic heterocycles. The van der Waals surface area contributed by atoms with Crippen molar-refractivity contribution in [3.63, 3.8) is 0 Å². The Morgan fingerprint density at radius 2 is 1.92 bits per heavy atom. The molecule has 9 heteroatoms. The minimum atomic E-state index is -1.09. The lowest BCUT2D eigenvalue weighted by Gasteiger charge is -2.10. The molecule has 0 aliphatic carbocycles. The second-order valence-corrected chi connectivity index (χ2v) is 6.41. The van der Waals surface area contributed by atoms with Gasteiger partial charge in [0.15, 0.2) is 17.4 Å². The molecule has 0 fully saturated rings. The summed E-state index contributed by atoms with van der Waals surface area (Å²) in [5.41, 5.74) is 0.448. The molecule has 2 aromatic carbocycles. The minimum absolute atomic E-state index is 0.0451. The molecule has 1 atom stereocenters. The number of nitrogens with zero attached hydrogens (tertiary/aromatic N) is 4. The van der Waals surface area contributed by atoms with Gasteiger partial charge in [-0.1, -0.05) is 17.8 Å². The SMILES string of the molecule is C[C@@H](Sc1nnnn1-c1cccc(F)c1)C(=O)c1ccc(F)c(F)c1. The first kappa shape index (κ1) is 17.2. The largest absolute Gasteiger partial charge is 0.293 e. The van der Waals surface area contributed by atoms with Crippen LogP contribution in [-0.2, 0) is 0 Å². The van der Waals surface area contributed by atoms with Crippen molar-refractivity contribution >= 4 is 17.5 Å². The third kappa shape index (κ3) is 3.71. The van der Waals surface area contributed by atoms with Crippen LogP contribution in [0.15, 0.2) is 47.6 Å². The van der Waals surface area contributed by atoms with Gasteiger partial charge >= 0.3 is 0 Å². The Morgan fingerprint density at radius 1 is 1.12 bits per heavy atom. The molecule has 0 bridgehead atoms. The van der Waals surface area contributed by atoms with Crippen LogP contribution in [0.1, 0.15) is 17.3 Å². The van der Waals surface area contributed by atoms with E-state index in [1.165, 1.54) is 28.9 Å². The fourth-order valence-corrected chi connectivity index (χ4v) is 3.00. The maximum Gasteiger partial charge on any atom is 0.214 e. The van der Waals surface area contributed by atoms with Crippen molar-refractivity contribution in [1.29, 1.82) is 0 Å². The molecule has 0 aliphatic rings. The highest BCUT2D eigenvalue weighted by Gasteiger charge is 2.21. The first-order valence-electron chi connectivity index (χ1n) is 7.16. The van der Waals surface area contributed by atoms with Crippen LogP contribution in [0.5, 0.6) is 0 Å². The van der Waals surface area contributed by atoms with Gasteiger partial charge in [-0.25, -0.2) is 13.2 Å². The third-order valence-electron chi connectivity index (χ3n) is 3.35. The van der Waals surface area contributed by atoms with Crippen molar-refractivity contribution < 1.29 is 18.0 Å². The van der Waals surface area contributed by atoms with E-state index < -0.39 is 28.5 Å². The van der Waals surface area contributed by atoms with Gasteiger partial charge in [0.1, 0.15) is 5.82 Å². The number of Topliss-reactive ketones (excluding diaryl/α,β-unsaturated/α-hetero) is 1. The number of ketones is 1. The molecule has 0 saturated heterocycles. The van der Waals surface area contributed by atoms with Crippen molar-refractivity contribution in [2.45, 2.75) is 17.3 Å². The second kappa shape index (κ2) is 7.06. The van der Waals surface area contributed by atoms with E-state index in [9.17, 15) is 18.0 Å². The molecular formula is C16H11F3N4OS. The van der Waals surface area contributed by atoms with Crippen molar-refractivity contribution in [2.75, 3.05) is 0 Å². The third-order valence-corrected chi connectivity index (χ3v) is 4.38. The summed E-state index contributed by atoms with van der Waals surface area (Å²) in [6.45, 7) is 1.60. The fourth-order valence-electron chi connectivity index (χ4n) is 2.12. The molecule has 3 aromatic rings. The van der Waals surface area contributed by atoms with Crippen LogP contribution in [0.25, 0.3) is 5.69 Å². The highest BCUT2D eigenvalue weighted by atomic mass is 32.2. The Labute approximate surface area is 144 Å². The average Bonchev–Trinajstić information content (AvgIpc) is 3.04. The molecule has 0 N–H and O–H groups in total. The number of carbonyl (C=O) groups excluding carboxylic acids is 1. The normalized spacial score (nSPS) is 12.2. The van der Waals surface area contributed by atoms with Crippen LogP contribution < -0.4 is 0 Å². The summed E-state index contributed by atoms with van der Waals surface area (Å²) in [5, 5.41) is 10.8. The number of halogens is 3. The Kier molecular flexibility index (Phi) is 4.84. The number of benzene rings is 2. The molecular weight excluding hydrogens is 353 g/mol. The number of tetrazole rings is 1. The number of hydrogen-bond acceptors (Lipinski definition) is 5. The summed E-state index contributed by atoms with van der Waals surface area (Å²) in [5.74, 6) is -2.97. The predicted molar refractivity (Wildman–Crippen MR) is 85.1 cm³/mol. The number of carbonyl (C=O) groups is 1. The van der Waals surface area contributed by atoms with Crippen LogP contribution >= 0.6 is 11.8 Å². The lowest BCUT2D eigenvalue weighted by atomic mass is 10.1. The van der Waals surface area contributed by atoms with E-state index in [1.54, 1.807) is 13.0 Å². The van der Waals surface area contributed by atoms with Crippen LogP contribution in [0.4, 0.5) is 13.2 Å². The molecule has 3 rings (SSSR count). The predicted octanol–water partition coefficient (Wildman–Crippen LogP) is 3.44. The van der Waals surface area contributed by atoms with Crippen LogP contribution in [0, 0.1) is 17.5 Å². The number of thioether (sulfide) groups is 1. The van der Waals surface area contributed by atoms with Crippen molar-refractivity contribution in [1.82, 2.24) is 20.2 Å². The van der Waals surface area contributed by atoms with Gasteiger partial charge in [-0.05, 0) is 53.7 Å². The van der Waals surface area contributed by atoms with E-state index in [0.29, 0.717) is 5.69 Å². The number of rotatable bonds is 5. The van der Waals surface area contributed by atoms with E-state index in [4.69, 9.17) is 0 Å². The summed E-state index contributed by atoms with van der Waals surface area (Å²) >= 11 is 1.03. The van der Waals surface area contributed by atoms with Gasteiger partial charge in [0, 0.05) is 5.56 Å². The molecule has 0 radical (unpaired) electrons. The van der Waals surface area contributed by atoms with Crippen LogP contribution in [0.2, 0.25) is 0 Å². The summed E-state index contributed by atoms with van der Waals surface area (Å²) < 4.78 is 40.9. The second-order valence-electron chi connectivity index (χ2n) is 5.11.